The molecule has 4 rings (SSSR count). The summed E-state index contributed by atoms with van der Waals surface area (Å²) in [7, 11) is 1.25. The summed E-state index contributed by atoms with van der Waals surface area (Å²) in [6, 6.07) is 3.78. The van der Waals surface area contributed by atoms with Crippen molar-refractivity contribution in [1.29, 1.82) is 0 Å². The average molecular weight is 586 g/mol. The van der Waals surface area contributed by atoms with Gasteiger partial charge in [-0.15, -0.1) is 0 Å². The van der Waals surface area contributed by atoms with Crippen LogP contribution < -0.4 is 10.1 Å². The van der Waals surface area contributed by atoms with Crippen molar-refractivity contribution in [3.63, 3.8) is 0 Å². The van der Waals surface area contributed by atoms with Gasteiger partial charge in [0.25, 0.3) is 0 Å². The molecule has 4 bridgehead atoms. The van der Waals surface area contributed by atoms with E-state index < -0.39 is 47.7 Å². The van der Waals surface area contributed by atoms with E-state index in [4.69, 9.17) is 18.9 Å². The molecular weight excluding hydrogens is 542 g/mol. The number of ether oxygens (including phenoxy) is 4. The maximum atomic E-state index is 13.9. The van der Waals surface area contributed by atoms with Crippen LogP contribution in [0.3, 0.4) is 0 Å². The molecular formula is C31H43N3O8. The van der Waals surface area contributed by atoms with Crippen LogP contribution in [0.4, 0.5) is 9.59 Å². The van der Waals surface area contributed by atoms with Crippen molar-refractivity contribution in [3.8, 4) is 5.75 Å². The smallest absolute Gasteiger partial charge is 0.410 e. The maximum absolute atomic E-state index is 13.9. The molecule has 3 atom stereocenters. The Morgan fingerprint density at radius 2 is 1.86 bits per heavy atom. The fourth-order valence-electron chi connectivity index (χ4n) is 5.46. The molecule has 1 unspecified atom stereocenters. The summed E-state index contributed by atoms with van der Waals surface area (Å²) in [5.41, 5.74) is 0.906. The zero-order chi connectivity index (χ0) is 30.7. The molecule has 11 heteroatoms. The fourth-order valence-corrected chi connectivity index (χ4v) is 5.46. The number of nitrogens with one attached hydrogen (secondary N) is 1. The van der Waals surface area contributed by atoms with Gasteiger partial charge in [-0.2, -0.15) is 0 Å². The van der Waals surface area contributed by atoms with E-state index in [2.05, 4.69) is 5.32 Å². The summed E-state index contributed by atoms with van der Waals surface area (Å²) >= 11 is 0. The minimum atomic E-state index is -0.998. The molecule has 42 heavy (non-hydrogen) atoms. The lowest BCUT2D eigenvalue weighted by atomic mass is 9.85. The van der Waals surface area contributed by atoms with Gasteiger partial charge in [0.1, 0.15) is 30.5 Å². The molecule has 1 aromatic rings. The normalized spacial score (nSPS) is 26.1. The number of methoxy groups -OCH3 is 1. The number of hydrogen-bond acceptors (Lipinski definition) is 8. The minimum Gasteiger partial charge on any atom is -0.489 e. The lowest BCUT2D eigenvalue weighted by Gasteiger charge is -2.35. The van der Waals surface area contributed by atoms with Crippen molar-refractivity contribution in [1.82, 2.24) is 15.1 Å². The Kier molecular flexibility index (Phi) is 9.37. The number of rotatable bonds is 1. The van der Waals surface area contributed by atoms with Crippen LogP contribution in [-0.4, -0.2) is 78.9 Å². The van der Waals surface area contributed by atoms with Gasteiger partial charge in [-0.25, -0.2) is 14.4 Å². The molecule has 3 amide bonds. The number of fused-ring (bicyclic) bond motifs is 3. The van der Waals surface area contributed by atoms with Gasteiger partial charge < -0.3 is 29.2 Å². The zero-order valence-corrected chi connectivity index (χ0v) is 25.4. The summed E-state index contributed by atoms with van der Waals surface area (Å²) in [6.45, 7) is 10.7. The molecule has 1 saturated heterocycles. The summed E-state index contributed by atoms with van der Waals surface area (Å²) < 4.78 is 22.4. The van der Waals surface area contributed by atoms with Gasteiger partial charge in [0.15, 0.2) is 0 Å². The van der Waals surface area contributed by atoms with E-state index in [0.717, 1.165) is 24.0 Å². The van der Waals surface area contributed by atoms with Gasteiger partial charge in [0.2, 0.25) is 5.91 Å². The van der Waals surface area contributed by atoms with Crippen molar-refractivity contribution in [2.45, 2.75) is 85.2 Å². The average Bonchev–Trinajstić information content (AvgIpc) is 3.56. The molecule has 0 radical (unpaired) electrons. The van der Waals surface area contributed by atoms with E-state index in [0.29, 0.717) is 25.4 Å². The highest BCUT2D eigenvalue weighted by atomic mass is 16.6. The predicted octanol–water partition coefficient (Wildman–Crippen LogP) is 4.18. The van der Waals surface area contributed by atoms with E-state index in [1.807, 2.05) is 65.0 Å². The minimum absolute atomic E-state index is 0.0117. The zero-order valence-electron chi connectivity index (χ0n) is 25.4. The standard InChI is InChI=1S/C31H43N3O8/c1-30(2,3)25-26(35)34-17-21(15-23(34)27(36)39-6)42-29(38)33-16-20-11-10-12-24(22(20)18-33)40-14-9-7-8-13-31(4,5)19-41-28(37)32-25/h7,9-12,21,23,25H,8,13-19H2,1-6H3,(H,32,37)/b9-7+/t21-,23?,25-/m1/s1. The summed E-state index contributed by atoms with van der Waals surface area (Å²) in [5.74, 6) is -0.380. The Morgan fingerprint density at radius 3 is 2.57 bits per heavy atom. The number of carbonyl (C=O) groups is 4. The highest BCUT2D eigenvalue weighted by molar-refractivity contribution is 5.91. The van der Waals surface area contributed by atoms with Crippen LogP contribution in [0.1, 0.15) is 65.0 Å². The Bertz CT molecular complexity index is 1220. The first-order chi connectivity index (χ1) is 19.8. The van der Waals surface area contributed by atoms with E-state index in [1.54, 1.807) is 4.90 Å². The number of esters is 1. The summed E-state index contributed by atoms with van der Waals surface area (Å²) in [4.78, 5) is 55.7. The third-order valence-electron chi connectivity index (χ3n) is 7.94. The van der Waals surface area contributed by atoms with Gasteiger partial charge in [-0.3, -0.25) is 9.69 Å². The first kappa shape index (κ1) is 31.2. The molecule has 0 aromatic heterocycles. The number of benzene rings is 1. The van der Waals surface area contributed by atoms with E-state index in [1.165, 1.54) is 12.0 Å². The van der Waals surface area contributed by atoms with Crippen LogP contribution in [0.2, 0.25) is 0 Å². The number of cyclic esters (lactones) is 1. The SMILES string of the molecule is COC(=O)C1C[C@@H]2CN1C(=O)[C@H](C(C)(C)C)NC(=O)OCC(C)(C)CC/C=C/COc1cccc3c1CN(C3)C(=O)O2. The largest absolute Gasteiger partial charge is 0.489 e. The van der Waals surface area contributed by atoms with Gasteiger partial charge in [0.05, 0.1) is 26.8 Å². The van der Waals surface area contributed by atoms with E-state index >= 15 is 0 Å². The molecule has 3 aliphatic rings. The second-order valence-corrected chi connectivity index (χ2v) is 13.0. The third kappa shape index (κ3) is 7.35. The van der Waals surface area contributed by atoms with Crippen LogP contribution in [0.5, 0.6) is 5.75 Å². The third-order valence-corrected chi connectivity index (χ3v) is 7.94. The van der Waals surface area contributed by atoms with Crippen LogP contribution in [0, 0.1) is 10.8 Å². The molecule has 1 fully saturated rings. The Labute approximate surface area is 247 Å². The molecule has 0 spiro atoms. The molecule has 0 saturated carbocycles. The van der Waals surface area contributed by atoms with Crippen LogP contribution in [0.25, 0.3) is 0 Å². The number of allylic oxidation sites excluding steroid dienone is 1. The number of nitrogens with zero attached hydrogens (tertiary/aromatic N) is 2. The van der Waals surface area contributed by atoms with E-state index in [9.17, 15) is 19.2 Å². The monoisotopic (exact) mass is 585 g/mol. The number of alkyl carbamates (subject to hydrolysis) is 1. The molecule has 3 aliphatic heterocycles. The molecule has 0 aliphatic carbocycles. The van der Waals surface area contributed by atoms with Crippen molar-refractivity contribution < 1.29 is 38.1 Å². The van der Waals surface area contributed by atoms with Crippen molar-refractivity contribution in [3.05, 3.63) is 41.5 Å². The Balaban J connectivity index is 1.60. The van der Waals surface area contributed by atoms with Crippen LogP contribution in [0.15, 0.2) is 30.4 Å². The first-order valence-electron chi connectivity index (χ1n) is 14.4. The molecule has 3 heterocycles. The van der Waals surface area contributed by atoms with Gasteiger partial charge in [-0.1, -0.05) is 58.9 Å². The Morgan fingerprint density at radius 1 is 1.10 bits per heavy atom. The first-order valence-corrected chi connectivity index (χ1v) is 14.4. The molecule has 1 aromatic carbocycles. The maximum Gasteiger partial charge on any atom is 0.410 e. The molecule has 230 valence electrons. The number of carbonyl (C=O) groups excluding carboxylic acids is 4. The molecule has 11 nitrogen and oxygen atoms in total. The second-order valence-electron chi connectivity index (χ2n) is 13.0. The fraction of sp³-hybridized carbons (Fsp3) is 0.613. The van der Waals surface area contributed by atoms with Crippen LogP contribution in [-0.2, 0) is 36.9 Å². The van der Waals surface area contributed by atoms with Gasteiger partial charge in [-0.05, 0) is 35.3 Å². The van der Waals surface area contributed by atoms with E-state index in [-0.39, 0.29) is 25.0 Å². The number of hydrogen-bond donors (Lipinski definition) is 1. The summed E-state index contributed by atoms with van der Waals surface area (Å²) in [5, 5.41) is 2.73. The second kappa shape index (κ2) is 12.6. The predicted molar refractivity (Wildman–Crippen MR) is 153 cm³/mol. The lowest BCUT2D eigenvalue weighted by molar-refractivity contribution is -0.152. The Hall–Kier alpha value is -3.76. The lowest BCUT2D eigenvalue weighted by Crippen LogP contribution is -2.57. The highest BCUT2D eigenvalue weighted by Crippen LogP contribution is 2.33. The van der Waals surface area contributed by atoms with Crippen LogP contribution >= 0.6 is 0 Å². The van der Waals surface area contributed by atoms with Crippen molar-refractivity contribution >= 4 is 24.1 Å². The molecule has 1 N–H and O–H groups in total. The van der Waals surface area contributed by atoms with Crippen molar-refractivity contribution in [2.75, 3.05) is 26.9 Å². The number of amides is 3. The highest BCUT2D eigenvalue weighted by Gasteiger charge is 2.47. The van der Waals surface area contributed by atoms with Gasteiger partial charge in [0, 0.05) is 18.5 Å². The summed E-state index contributed by atoms with van der Waals surface area (Å²) in [6.07, 6.45) is 3.62. The topological polar surface area (TPSA) is 124 Å². The van der Waals surface area contributed by atoms with Gasteiger partial charge >= 0.3 is 18.2 Å². The van der Waals surface area contributed by atoms with Crippen molar-refractivity contribution in [2.24, 2.45) is 10.8 Å². The quantitative estimate of drug-likeness (QED) is 0.296.